The average Bonchev–Trinajstić information content (AvgIpc) is 3.06. The second kappa shape index (κ2) is 8.58. The molecule has 0 amide bonds. The summed E-state index contributed by atoms with van der Waals surface area (Å²) in [5, 5.41) is 0.406. The van der Waals surface area contributed by atoms with Gasteiger partial charge in [0.25, 0.3) is 0 Å². The van der Waals surface area contributed by atoms with E-state index in [0.717, 1.165) is 11.1 Å². The topological polar surface area (TPSA) is 54.0 Å². The van der Waals surface area contributed by atoms with E-state index in [4.69, 9.17) is 18.9 Å². The van der Waals surface area contributed by atoms with E-state index in [9.17, 15) is 9.18 Å². The van der Waals surface area contributed by atoms with E-state index < -0.39 is 5.97 Å². The van der Waals surface area contributed by atoms with Crippen molar-refractivity contribution in [3.8, 4) is 11.5 Å². The van der Waals surface area contributed by atoms with Crippen LogP contribution in [0.25, 0.3) is 10.1 Å². The molecular weight excluding hydrogens is 383 g/mol. The monoisotopic (exact) mass is 404 g/mol. The molecular formula is C21H21FO5S. The zero-order valence-corrected chi connectivity index (χ0v) is 16.9. The molecule has 0 saturated heterocycles. The number of aryl methyl sites for hydroxylation is 1. The Bertz CT molecular complexity index is 1010. The van der Waals surface area contributed by atoms with Gasteiger partial charge in [0.15, 0.2) is 11.5 Å². The number of carbonyl (C=O) groups excluding carboxylic acids is 1. The standard InChI is InChI=1S/C21H21FO5S/c1-12-8-16(25-3)17(26-4)9-13(12)10-27-21(23)20-14(11-24-2)19-15(22)6-5-7-18(19)28-20/h5-9H,10-11H2,1-4H3. The summed E-state index contributed by atoms with van der Waals surface area (Å²) in [4.78, 5) is 13.1. The Morgan fingerprint density at radius 3 is 2.46 bits per heavy atom. The zero-order chi connectivity index (χ0) is 20.3. The largest absolute Gasteiger partial charge is 0.493 e. The lowest BCUT2D eigenvalue weighted by Gasteiger charge is -2.13. The first-order valence-electron chi connectivity index (χ1n) is 8.57. The van der Waals surface area contributed by atoms with Crippen molar-refractivity contribution in [2.75, 3.05) is 21.3 Å². The molecule has 148 valence electrons. The minimum absolute atomic E-state index is 0.0637. The summed E-state index contributed by atoms with van der Waals surface area (Å²) in [5.41, 5.74) is 2.21. The lowest BCUT2D eigenvalue weighted by molar-refractivity contribution is 0.0473. The minimum Gasteiger partial charge on any atom is -0.493 e. The van der Waals surface area contributed by atoms with Crippen LogP contribution in [-0.2, 0) is 22.7 Å². The molecule has 1 aromatic heterocycles. The Morgan fingerprint density at radius 1 is 1.07 bits per heavy atom. The van der Waals surface area contributed by atoms with Crippen molar-refractivity contribution in [3.05, 3.63) is 57.7 Å². The number of carbonyl (C=O) groups is 1. The number of methoxy groups -OCH3 is 3. The second-order valence-electron chi connectivity index (χ2n) is 6.17. The first-order valence-corrected chi connectivity index (χ1v) is 9.39. The highest BCUT2D eigenvalue weighted by molar-refractivity contribution is 7.21. The van der Waals surface area contributed by atoms with Gasteiger partial charge in [0.1, 0.15) is 17.3 Å². The first-order chi connectivity index (χ1) is 13.5. The van der Waals surface area contributed by atoms with Gasteiger partial charge >= 0.3 is 5.97 Å². The van der Waals surface area contributed by atoms with E-state index in [1.54, 1.807) is 32.4 Å². The summed E-state index contributed by atoms with van der Waals surface area (Å²) in [6.07, 6.45) is 0. The van der Waals surface area contributed by atoms with Crippen molar-refractivity contribution in [2.24, 2.45) is 0 Å². The van der Waals surface area contributed by atoms with Crippen molar-refractivity contribution >= 4 is 27.4 Å². The fourth-order valence-electron chi connectivity index (χ4n) is 3.00. The number of rotatable bonds is 7. The number of benzene rings is 2. The highest BCUT2D eigenvalue weighted by Gasteiger charge is 2.22. The maximum absolute atomic E-state index is 14.3. The van der Waals surface area contributed by atoms with Gasteiger partial charge in [-0.05, 0) is 42.3 Å². The molecule has 0 bridgehead atoms. The summed E-state index contributed by atoms with van der Waals surface area (Å²) >= 11 is 1.20. The van der Waals surface area contributed by atoms with Crippen LogP contribution < -0.4 is 9.47 Å². The van der Waals surface area contributed by atoms with Crippen LogP contribution in [0.3, 0.4) is 0 Å². The Kier molecular flexibility index (Phi) is 6.16. The molecule has 0 aliphatic heterocycles. The van der Waals surface area contributed by atoms with E-state index in [2.05, 4.69) is 0 Å². The Morgan fingerprint density at radius 2 is 1.79 bits per heavy atom. The van der Waals surface area contributed by atoms with Gasteiger partial charge < -0.3 is 18.9 Å². The summed E-state index contributed by atoms with van der Waals surface area (Å²) < 4.78 is 36.2. The smallest absolute Gasteiger partial charge is 0.349 e. The normalized spacial score (nSPS) is 10.9. The molecule has 0 radical (unpaired) electrons. The van der Waals surface area contributed by atoms with E-state index in [1.807, 2.05) is 13.0 Å². The highest BCUT2D eigenvalue weighted by Crippen LogP contribution is 2.35. The number of esters is 1. The number of ether oxygens (including phenoxy) is 4. The van der Waals surface area contributed by atoms with Crippen LogP contribution in [0.4, 0.5) is 4.39 Å². The zero-order valence-electron chi connectivity index (χ0n) is 16.1. The molecule has 0 aliphatic carbocycles. The minimum atomic E-state index is -0.512. The van der Waals surface area contributed by atoms with E-state index in [0.29, 0.717) is 32.0 Å². The van der Waals surface area contributed by atoms with E-state index >= 15 is 0 Å². The maximum atomic E-state index is 14.3. The van der Waals surface area contributed by atoms with Crippen molar-refractivity contribution in [1.29, 1.82) is 0 Å². The van der Waals surface area contributed by atoms with Gasteiger partial charge in [-0.25, -0.2) is 9.18 Å². The van der Waals surface area contributed by atoms with Crippen LogP contribution >= 0.6 is 11.3 Å². The molecule has 0 N–H and O–H groups in total. The van der Waals surface area contributed by atoms with Crippen molar-refractivity contribution in [2.45, 2.75) is 20.1 Å². The summed E-state index contributed by atoms with van der Waals surface area (Å²) in [7, 11) is 4.62. The van der Waals surface area contributed by atoms with Crippen LogP contribution in [0.2, 0.25) is 0 Å². The first kappa shape index (κ1) is 20.1. The van der Waals surface area contributed by atoms with Gasteiger partial charge in [-0.1, -0.05) is 6.07 Å². The highest BCUT2D eigenvalue weighted by atomic mass is 32.1. The Hall–Kier alpha value is -2.64. The SMILES string of the molecule is COCc1c(C(=O)OCc2cc(OC)c(OC)cc2C)sc2cccc(F)c12. The van der Waals surface area contributed by atoms with Gasteiger partial charge in [-0.15, -0.1) is 11.3 Å². The maximum Gasteiger partial charge on any atom is 0.349 e. The number of thiophene rings is 1. The van der Waals surface area contributed by atoms with Crippen LogP contribution in [0.1, 0.15) is 26.4 Å². The van der Waals surface area contributed by atoms with Gasteiger partial charge in [-0.2, -0.15) is 0 Å². The molecule has 0 atom stereocenters. The van der Waals surface area contributed by atoms with E-state index in [-0.39, 0.29) is 19.0 Å². The van der Waals surface area contributed by atoms with Gasteiger partial charge in [-0.3, -0.25) is 0 Å². The number of hydrogen-bond donors (Lipinski definition) is 0. The van der Waals surface area contributed by atoms with E-state index in [1.165, 1.54) is 24.5 Å². The predicted molar refractivity (Wildman–Crippen MR) is 106 cm³/mol. The van der Waals surface area contributed by atoms with Crippen LogP contribution in [-0.4, -0.2) is 27.3 Å². The van der Waals surface area contributed by atoms with Crippen molar-refractivity contribution < 1.29 is 28.1 Å². The fourth-order valence-corrected chi connectivity index (χ4v) is 4.12. The quantitative estimate of drug-likeness (QED) is 0.526. The molecule has 0 spiro atoms. The molecule has 28 heavy (non-hydrogen) atoms. The molecule has 3 rings (SSSR count). The fraction of sp³-hybridized carbons (Fsp3) is 0.286. The Labute approximate surface area is 166 Å². The lowest BCUT2D eigenvalue weighted by Crippen LogP contribution is -2.07. The van der Waals surface area contributed by atoms with Crippen LogP contribution in [0.5, 0.6) is 11.5 Å². The number of fused-ring (bicyclic) bond motifs is 1. The summed E-state index contributed by atoms with van der Waals surface area (Å²) in [6.45, 7) is 2.09. The Balaban J connectivity index is 1.88. The molecule has 3 aromatic rings. The van der Waals surface area contributed by atoms with Crippen molar-refractivity contribution in [3.63, 3.8) is 0 Å². The molecule has 1 heterocycles. The average molecular weight is 404 g/mol. The third-order valence-corrected chi connectivity index (χ3v) is 5.62. The van der Waals surface area contributed by atoms with Gasteiger partial charge in [0.2, 0.25) is 0 Å². The molecule has 5 nitrogen and oxygen atoms in total. The molecule has 0 fully saturated rings. The van der Waals surface area contributed by atoms with Crippen LogP contribution in [0, 0.1) is 12.7 Å². The molecule has 0 saturated carbocycles. The molecule has 7 heteroatoms. The molecule has 2 aromatic carbocycles. The molecule has 0 aliphatic rings. The summed E-state index contributed by atoms with van der Waals surface area (Å²) in [6, 6.07) is 8.37. The third kappa shape index (κ3) is 3.81. The molecule has 0 unspecified atom stereocenters. The third-order valence-electron chi connectivity index (χ3n) is 4.44. The number of hydrogen-bond acceptors (Lipinski definition) is 6. The van der Waals surface area contributed by atoms with Crippen LogP contribution in [0.15, 0.2) is 30.3 Å². The lowest BCUT2D eigenvalue weighted by atomic mass is 10.1. The van der Waals surface area contributed by atoms with Gasteiger partial charge in [0.05, 0.1) is 20.8 Å². The number of halogens is 1. The summed E-state index contributed by atoms with van der Waals surface area (Å²) in [5.74, 6) is 0.276. The van der Waals surface area contributed by atoms with Crippen molar-refractivity contribution in [1.82, 2.24) is 0 Å². The van der Waals surface area contributed by atoms with Gasteiger partial charge in [0, 0.05) is 22.8 Å². The predicted octanol–water partition coefficient (Wildman–Crippen LogP) is 4.87. The second-order valence-corrected chi connectivity index (χ2v) is 7.22.